The molecule has 1 aromatic heterocycles. The first kappa shape index (κ1) is 23.9. The molecule has 0 saturated carbocycles. The minimum Gasteiger partial charge on any atom is -0.356 e. The van der Waals surface area contributed by atoms with Crippen molar-refractivity contribution >= 4 is 29.9 Å². The van der Waals surface area contributed by atoms with E-state index < -0.39 is 0 Å². The molecular formula is C23H31IN6. The summed E-state index contributed by atoms with van der Waals surface area (Å²) < 4.78 is 1.97. The van der Waals surface area contributed by atoms with E-state index in [4.69, 9.17) is 0 Å². The van der Waals surface area contributed by atoms with Gasteiger partial charge in [0.25, 0.3) is 0 Å². The van der Waals surface area contributed by atoms with Crippen molar-refractivity contribution in [1.82, 2.24) is 25.4 Å². The maximum Gasteiger partial charge on any atom is 0.191 e. The van der Waals surface area contributed by atoms with Gasteiger partial charge in [-0.15, -0.1) is 34.2 Å². The van der Waals surface area contributed by atoms with Gasteiger partial charge in [-0.1, -0.05) is 56.3 Å². The summed E-state index contributed by atoms with van der Waals surface area (Å²) in [7, 11) is 1.78. The SMILES string of the molecule is CN=C(NCCCc1ccc(C(C)C)cc1)NCc1nncn1-c1ccccc1.I. The van der Waals surface area contributed by atoms with Crippen LogP contribution in [-0.4, -0.2) is 34.3 Å². The fourth-order valence-electron chi connectivity index (χ4n) is 3.14. The molecule has 0 fully saturated rings. The summed E-state index contributed by atoms with van der Waals surface area (Å²) in [4.78, 5) is 4.30. The number of aryl methyl sites for hydroxylation is 1. The monoisotopic (exact) mass is 518 g/mol. The first-order valence-electron chi connectivity index (χ1n) is 10.1. The number of nitrogens with zero attached hydrogens (tertiary/aromatic N) is 4. The summed E-state index contributed by atoms with van der Waals surface area (Å²) in [5.41, 5.74) is 3.80. The fourth-order valence-corrected chi connectivity index (χ4v) is 3.14. The lowest BCUT2D eigenvalue weighted by molar-refractivity contribution is 0.723. The molecule has 0 amide bonds. The molecule has 3 aromatic rings. The molecule has 3 rings (SSSR count). The minimum absolute atomic E-state index is 0. The van der Waals surface area contributed by atoms with Gasteiger partial charge in [0.2, 0.25) is 0 Å². The van der Waals surface area contributed by atoms with Crippen LogP contribution < -0.4 is 10.6 Å². The van der Waals surface area contributed by atoms with E-state index in [-0.39, 0.29) is 24.0 Å². The Bertz CT molecular complexity index is 903. The summed E-state index contributed by atoms with van der Waals surface area (Å²) in [6.45, 7) is 5.85. The highest BCUT2D eigenvalue weighted by Gasteiger charge is 2.07. The number of aliphatic imine (C=N–C) groups is 1. The number of guanidine groups is 1. The molecule has 2 N–H and O–H groups in total. The van der Waals surface area contributed by atoms with Crippen LogP contribution in [0.5, 0.6) is 0 Å². The Morgan fingerprint density at radius 3 is 2.43 bits per heavy atom. The van der Waals surface area contributed by atoms with E-state index in [9.17, 15) is 0 Å². The number of benzene rings is 2. The Balaban J connectivity index is 0.00000320. The normalized spacial score (nSPS) is 11.3. The fraction of sp³-hybridized carbons (Fsp3) is 0.348. The van der Waals surface area contributed by atoms with Gasteiger partial charge in [-0.25, -0.2) is 0 Å². The molecule has 0 bridgehead atoms. The van der Waals surface area contributed by atoms with Gasteiger partial charge in [-0.05, 0) is 42.0 Å². The first-order valence-corrected chi connectivity index (χ1v) is 10.1. The van der Waals surface area contributed by atoms with Crippen LogP contribution in [0.3, 0.4) is 0 Å². The molecule has 0 atom stereocenters. The van der Waals surface area contributed by atoms with Gasteiger partial charge in [-0.2, -0.15) is 0 Å². The summed E-state index contributed by atoms with van der Waals surface area (Å²) in [5, 5.41) is 15.0. The van der Waals surface area contributed by atoms with Gasteiger partial charge in [0.15, 0.2) is 11.8 Å². The molecular weight excluding hydrogens is 487 g/mol. The molecule has 0 radical (unpaired) electrons. The second-order valence-electron chi connectivity index (χ2n) is 7.31. The Hall–Kier alpha value is -2.42. The molecule has 30 heavy (non-hydrogen) atoms. The standard InChI is InChI=1S/C23H30N6.HI/c1-18(2)20-13-11-19(12-14-20)8-7-15-25-23(24-3)26-16-22-28-27-17-29(22)21-9-5-4-6-10-21;/h4-6,9-14,17-18H,7-8,15-16H2,1-3H3,(H2,24,25,26);1H. The number of para-hydroxylation sites is 1. The van der Waals surface area contributed by atoms with Crippen LogP contribution in [0.25, 0.3) is 5.69 Å². The van der Waals surface area contributed by atoms with Crippen LogP contribution in [0.15, 0.2) is 65.9 Å². The van der Waals surface area contributed by atoms with Crippen LogP contribution in [0.2, 0.25) is 0 Å². The van der Waals surface area contributed by atoms with Gasteiger partial charge in [-0.3, -0.25) is 9.56 Å². The number of halogens is 1. The van der Waals surface area contributed by atoms with E-state index in [1.165, 1.54) is 11.1 Å². The summed E-state index contributed by atoms with van der Waals surface area (Å²) in [5.74, 6) is 2.18. The summed E-state index contributed by atoms with van der Waals surface area (Å²) >= 11 is 0. The number of hydrogen-bond acceptors (Lipinski definition) is 3. The quantitative estimate of drug-likeness (QED) is 0.202. The van der Waals surface area contributed by atoms with Crippen molar-refractivity contribution in [2.24, 2.45) is 4.99 Å². The van der Waals surface area contributed by atoms with Crippen molar-refractivity contribution in [3.05, 3.63) is 77.9 Å². The largest absolute Gasteiger partial charge is 0.356 e. The van der Waals surface area contributed by atoms with Crippen molar-refractivity contribution in [3.8, 4) is 5.69 Å². The zero-order valence-corrected chi connectivity index (χ0v) is 20.2. The molecule has 1 heterocycles. The van der Waals surface area contributed by atoms with E-state index >= 15 is 0 Å². The molecule has 6 nitrogen and oxygen atoms in total. The Kier molecular flexibility index (Phi) is 9.79. The summed E-state index contributed by atoms with van der Waals surface area (Å²) in [6, 6.07) is 19.0. The smallest absolute Gasteiger partial charge is 0.191 e. The molecule has 0 unspecified atom stereocenters. The van der Waals surface area contributed by atoms with Gasteiger partial charge < -0.3 is 10.6 Å². The third-order valence-electron chi connectivity index (χ3n) is 4.87. The van der Waals surface area contributed by atoms with E-state index in [0.29, 0.717) is 12.5 Å². The van der Waals surface area contributed by atoms with E-state index in [1.54, 1.807) is 13.4 Å². The maximum atomic E-state index is 4.30. The average molecular weight is 518 g/mol. The number of hydrogen-bond donors (Lipinski definition) is 2. The van der Waals surface area contributed by atoms with Gasteiger partial charge >= 0.3 is 0 Å². The van der Waals surface area contributed by atoms with Crippen molar-refractivity contribution in [3.63, 3.8) is 0 Å². The van der Waals surface area contributed by atoms with Crippen LogP contribution in [0.1, 0.15) is 43.1 Å². The molecule has 0 saturated heterocycles. The van der Waals surface area contributed by atoms with Gasteiger partial charge in [0.1, 0.15) is 6.33 Å². The first-order chi connectivity index (χ1) is 14.2. The van der Waals surface area contributed by atoms with Crippen molar-refractivity contribution in [2.75, 3.05) is 13.6 Å². The zero-order valence-electron chi connectivity index (χ0n) is 17.9. The van der Waals surface area contributed by atoms with Crippen LogP contribution in [0.4, 0.5) is 0 Å². The van der Waals surface area contributed by atoms with Crippen molar-refractivity contribution in [2.45, 2.75) is 39.2 Å². The molecule has 0 aliphatic carbocycles. The van der Waals surface area contributed by atoms with Crippen LogP contribution >= 0.6 is 24.0 Å². The van der Waals surface area contributed by atoms with Crippen LogP contribution in [0, 0.1) is 0 Å². The lowest BCUT2D eigenvalue weighted by atomic mass is 10.0. The van der Waals surface area contributed by atoms with Gasteiger partial charge in [0.05, 0.1) is 6.54 Å². The molecule has 7 heteroatoms. The third kappa shape index (κ3) is 6.83. The predicted molar refractivity (Wildman–Crippen MR) is 134 cm³/mol. The number of rotatable bonds is 8. The predicted octanol–water partition coefficient (Wildman–Crippen LogP) is 4.31. The second kappa shape index (κ2) is 12.3. The average Bonchev–Trinajstić information content (AvgIpc) is 3.23. The Morgan fingerprint density at radius 1 is 1.03 bits per heavy atom. The number of nitrogens with one attached hydrogen (secondary N) is 2. The van der Waals surface area contributed by atoms with Crippen molar-refractivity contribution in [1.29, 1.82) is 0 Å². The molecule has 0 aliphatic heterocycles. The lowest BCUT2D eigenvalue weighted by Crippen LogP contribution is -2.38. The zero-order chi connectivity index (χ0) is 20.5. The van der Waals surface area contributed by atoms with Crippen LogP contribution in [-0.2, 0) is 13.0 Å². The van der Waals surface area contributed by atoms with E-state index in [2.05, 4.69) is 63.9 Å². The lowest BCUT2D eigenvalue weighted by Gasteiger charge is -2.12. The Labute approximate surface area is 196 Å². The maximum absolute atomic E-state index is 4.30. The molecule has 160 valence electrons. The molecule has 0 spiro atoms. The molecule has 0 aliphatic rings. The molecule has 2 aromatic carbocycles. The van der Waals surface area contributed by atoms with Gasteiger partial charge in [0, 0.05) is 19.3 Å². The van der Waals surface area contributed by atoms with E-state index in [0.717, 1.165) is 36.9 Å². The highest BCUT2D eigenvalue weighted by Crippen LogP contribution is 2.15. The van der Waals surface area contributed by atoms with Crippen molar-refractivity contribution < 1.29 is 0 Å². The van der Waals surface area contributed by atoms with E-state index in [1.807, 2.05) is 34.9 Å². The third-order valence-corrected chi connectivity index (χ3v) is 4.87. The summed E-state index contributed by atoms with van der Waals surface area (Å²) in [6.07, 6.45) is 3.82. The number of aromatic nitrogens is 3. The highest BCUT2D eigenvalue weighted by atomic mass is 127. The minimum atomic E-state index is 0. The highest BCUT2D eigenvalue weighted by molar-refractivity contribution is 14.0. The topological polar surface area (TPSA) is 67.1 Å². The Morgan fingerprint density at radius 2 is 1.77 bits per heavy atom. The second-order valence-corrected chi connectivity index (χ2v) is 7.31.